The maximum Gasteiger partial charge on any atom is 0.305 e. The number of para-hydroxylation sites is 1. The fourth-order valence-corrected chi connectivity index (χ4v) is 9.11. The van der Waals surface area contributed by atoms with Crippen LogP contribution in [0.25, 0.3) is 0 Å². The van der Waals surface area contributed by atoms with Gasteiger partial charge in [-0.05, 0) is 42.2 Å². The molecule has 27 heavy (non-hydrogen) atoms. The number of nitrogens with one attached hydrogen (secondary N) is 1. The predicted octanol–water partition coefficient (Wildman–Crippen LogP) is 3.09. The van der Waals surface area contributed by atoms with Crippen LogP contribution in [0, 0.1) is 29.6 Å². The smallest absolute Gasteiger partial charge is 0.305 e. The van der Waals surface area contributed by atoms with Crippen molar-refractivity contribution in [2.45, 2.75) is 29.5 Å². The maximum absolute atomic E-state index is 13.3. The van der Waals surface area contributed by atoms with Gasteiger partial charge in [-0.1, -0.05) is 36.5 Å². The van der Waals surface area contributed by atoms with E-state index in [2.05, 4.69) is 11.9 Å². The number of aromatic amines is 1. The molecule has 138 valence electrons. The average Bonchev–Trinajstić information content (AvgIpc) is 3.37. The Labute approximate surface area is 164 Å². The quantitative estimate of drug-likeness (QED) is 0.750. The van der Waals surface area contributed by atoms with Crippen LogP contribution in [0.2, 0.25) is 0 Å². The van der Waals surface area contributed by atoms with Crippen LogP contribution in [0.15, 0.2) is 40.2 Å². The highest BCUT2D eigenvalue weighted by Crippen LogP contribution is 2.67. The molecule has 6 rings (SSSR count). The van der Waals surface area contributed by atoms with E-state index in [1.807, 2.05) is 30.3 Å². The molecule has 0 spiro atoms. The number of carbonyl (C=O) groups is 2. The van der Waals surface area contributed by atoms with E-state index >= 15 is 0 Å². The van der Waals surface area contributed by atoms with Gasteiger partial charge in [-0.2, -0.15) is 0 Å². The van der Waals surface area contributed by atoms with Crippen LogP contribution in [0.4, 0.5) is 5.69 Å². The summed E-state index contributed by atoms with van der Waals surface area (Å²) in [6, 6.07) is 9.30. The molecule has 1 saturated heterocycles. The number of rotatable bonds is 1. The van der Waals surface area contributed by atoms with Gasteiger partial charge in [0.2, 0.25) is 11.8 Å². The Kier molecular flexibility index (Phi) is 3.20. The normalized spacial score (nSPS) is 38.9. The highest BCUT2D eigenvalue weighted by molar-refractivity contribution is 8.00. The Morgan fingerprint density at radius 2 is 1.74 bits per heavy atom. The number of hydrogen-bond acceptors (Lipinski definition) is 5. The van der Waals surface area contributed by atoms with Crippen LogP contribution in [0.1, 0.15) is 24.1 Å². The van der Waals surface area contributed by atoms with Gasteiger partial charge in [0, 0.05) is 10.1 Å². The van der Waals surface area contributed by atoms with E-state index < -0.39 is 0 Å². The lowest BCUT2D eigenvalue weighted by atomic mass is 9.70. The molecule has 3 heterocycles. The molecule has 2 aliphatic heterocycles. The zero-order chi connectivity index (χ0) is 18.4. The predicted molar refractivity (Wildman–Crippen MR) is 104 cm³/mol. The van der Waals surface area contributed by atoms with Crippen LogP contribution in [0.3, 0.4) is 0 Å². The van der Waals surface area contributed by atoms with Gasteiger partial charge in [0.25, 0.3) is 0 Å². The van der Waals surface area contributed by atoms with Gasteiger partial charge in [0.15, 0.2) is 0 Å². The fourth-order valence-electron chi connectivity index (χ4n) is 6.16. The SMILES string of the molecule is C[C@H]1c2sc(=O)[nH]c2S[C@@H]2[C@@H]3C[C@@H]([C@H]4C(=O)N(c5ccccc5)C(=O)[C@@H]34)[C@@H]21. The van der Waals surface area contributed by atoms with E-state index in [1.165, 1.54) is 16.2 Å². The average molecular weight is 399 g/mol. The Morgan fingerprint density at radius 1 is 1.04 bits per heavy atom. The first-order valence-corrected chi connectivity index (χ1v) is 11.1. The monoisotopic (exact) mass is 398 g/mol. The number of thioether (sulfide) groups is 1. The van der Waals surface area contributed by atoms with Crippen molar-refractivity contribution >= 4 is 40.6 Å². The minimum Gasteiger partial charge on any atom is -0.307 e. The molecule has 1 N–H and O–H groups in total. The van der Waals surface area contributed by atoms with Gasteiger partial charge < -0.3 is 4.98 Å². The van der Waals surface area contributed by atoms with Crippen molar-refractivity contribution in [2.75, 3.05) is 4.90 Å². The first kappa shape index (κ1) is 16.1. The lowest BCUT2D eigenvalue weighted by Gasteiger charge is -2.41. The molecule has 4 aliphatic rings. The summed E-state index contributed by atoms with van der Waals surface area (Å²) in [5.41, 5.74) is 0.688. The van der Waals surface area contributed by atoms with Crippen molar-refractivity contribution < 1.29 is 9.59 Å². The number of nitrogens with zero attached hydrogens (tertiary/aromatic N) is 1. The van der Waals surface area contributed by atoms with Gasteiger partial charge in [0.05, 0.1) is 22.5 Å². The number of benzene rings is 1. The van der Waals surface area contributed by atoms with E-state index in [9.17, 15) is 14.4 Å². The summed E-state index contributed by atoms with van der Waals surface area (Å²) >= 11 is 3.04. The van der Waals surface area contributed by atoms with Crippen LogP contribution >= 0.6 is 23.1 Å². The third kappa shape index (κ3) is 1.94. The first-order chi connectivity index (χ1) is 13.1. The van der Waals surface area contributed by atoms with E-state index in [1.54, 1.807) is 11.8 Å². The van der Waals surface area contributed by atoms with E-state index in [4.69, 9.17) is 0 Å². The second kappa shape index (κ2) is 5.35. The number of anilines is 1. The second-order valence-corrected chi connectivity index (χ2v) is 10.3. The van der Waals surface area contributed by atoms with Crippen LogP contribution in [-0.4, -0.2) is 22.0 Å². The molecule has 2 aromatic rings. The lowest BCUT2D eigenvalue weighted by Crippen LogP contribution is -2.41. The van der Waals surface area contributed by atoms with E-state index in [0.29, 0.717) is 16.9 Å². The summed E-state index contributed by atoms with van der Waals surface area (Å²) in [6.45, 7) is 2.19. The third-order valence-electron chi connectivity index (χ3n) is 7.06. The van der Waals surface area contributed by atoms with Gasteiger partial charge in [-0.15, -0.1) is 11.8 Å². The summed E-state index contributed by atoms with van der Waals surface area (Å²) < 4.78 is 0. The molecule has 0 unspecified atom stereocenters. The van der Waals surface area contributed by atoms with Crippen molar-refractivity contribution in [1.29, 1.82) is 0 Å². The van der Waals surface area contributed by atoms with Crippen molar-refractivity contribution in [3.05, 3.63) is 44.9 Å². The summed E-state index contributed by atoms with van der Waals surface area (Å²) in [5, 5.41) is 1.30. The van der Waals surface area contributed by atoms with Gasteiger partial charge in [0.1, 0.15) is 0 Å². The minimum atomic E-state index is -0.199. The Bertz CT molecular complexity index is 1030. The first-order valence-electron chi connectivity index (χ1n) is 9.39. The molecular weight excluding hydrogens is 380 g/mol. The largest absolute Gasteiger partial charge is 0.307 e. The molecule has 1 aromatic heterocycles. The molecule has 1 aromatic carbocycles. The zero-order valence-electron chi connectivity index (χ0n) is 14.6. The van der Waals surface area contributed by atoms with Gasteiger partial charge in [-0.25, -0.2) is 0 Å². The number of imide groups is 1. The summed E-state index contributed by atoms with van der Waals surface area (Å²) in [7, 11) is 0. The molecule has 2 saturated carbocycles. The Hall–Kier alpha value is -1.86. The maximum atomic E-state index is 13.3. The van der Waals surface area contributed by atoms with Crippen LogP contribution in [-0.2, 0) is 9.59 Å². The highest BCUT2D eigenvalue weighted by Gasteiger charge is 2.69. The van der Waals surface area contributed by atoms with Crippen LogP contribution < -0.4 is 9.77 Å². The summed E-state index contributed by atoms with van der Waals surface area (Å²) in [6.07, 6.45) is 0.960. The number of hydrogen-bond donors (Lipinski definition) is 1. The van der Waals surface area contributed by atoms with Crippen molar-refractivity contribution in [3.8, 4) is 0 Å². The van der Waals surface area contributed by atoms with Crippen molar-refractivity contribution in [3.63, 3.8) is 0 Å². The lowest BCUT2D eigenvalue weighted by molar-refractivity contribution is -0.123. The molecule has 3 fully saturated rings. The number of aromatic nitrogens is 1. The standard InChI is InChI=1S/C20H18N2O3S2/c1-8-12-10-7-11(16(12)26-17-15(8)27-20(25)21-17)14-13(10)18(23)22(19(14)24)9-5-3-2-4-6-9/h2-6,8,10-14,16H,7H2,1H3,(H,21,25)/t8-,10-,11-,12+,13-,14+,16-/m1/s1. The van der Waals surface area contributed by atoms with Gasteiger partial charge in [-0.3, -0.25) is 19.3 Å². The number of fused-ring (bicyclic) bond motifs is 9. The number of amides is 2. The molecule has 2 aliphatic carbocycles. The number of thiazole rings is 1. The van der Waals surface area contributed by atoms with E-state index in [-0.39, 0.29) is 46.3 Å². The molecule has 5 nitrogen and oxygen atoms in total. The molecule has 2 amide bonds. The fraction of sp³-hybridized carbons (Fsp3) is 0.450. The minimum absolute atomic E-state index is 0.00531. The third-order valence-corrected chi connectivity index (χ3v) is 9.77. The molecular formula is C20H18N2O3S2. The number of carbonyl (C=O) groups excluding carboxylic acids is 2. The topological polar surface area (TPSA) is 70.2 Å². The van der Waals surface area contributed by atoms with Crippen molar-refractivity contribution in [2.24, 2.45) is 29.6 Å². The molecule has 0 radical (unpaired) electrons. The highest BCUT2D eigenvalue weighted by atomic mass is 32.2. The second-order valence-electron chi connectivity index (χ2n) is 8.12. The molecule has 7 atom stereocenters. The van der Waals surface area contributed by atoms with E-state index in [0.717, 1.165) is 16.3 Å². The number of H-pyrrole nitrogens is 1. The Morgan fingerprint density at radius 3 is 2.48 bits per heavy atom. The zero-order valence-corrected chi connectivity index (χ0v) is 16.3. The summed E-state index contributed by atoms with van der Waals surface area (Å²) in [5.74, 6) is 0.655. The Balaban J connectivity index is 1.41. The van der Waals surface area contributed by atoms with Crippen molar-refractivity contribution in [1.82, 2.24) is 4.98 Å². The molecule has 7 heteroatoms. The van der Waals surface area contributed by atoms with Gasteiger partial charge >= 0.3 is 4.87 Å². The molecule has 2 bridgehead atoms. The van der Waals surface area contributed by atoms with Crippen LogP contribution in [0.5, 0.6) is 0 Å². The summed E-state index contributed by atoms with van der Waals surface area (Å²) in [4.78, 5) is 43.9.